The van der Waals surface area contributed by atoms with Gasteiger partial charge in [0.2, 0.25) is 23.6 Å². The lowest BCUT2D eigenvalue weighted by Gasteiger charge is -2.32. The van der Waals surface area contributed by atoms with Gasteiger partial charge in [0.05, 0.1) is 12.1 Å². The number of quaternary nitrogens is 1. The number of benzene rings is 4. The van der Waals surface area contributed by atoms with Crippen LogP contribution in [0.1, 0.15) is 118 Å². The highest BCUT2D eigenvalue weighted by Crippen LogP contribution is 2.39. The van der Waals surface area contributed by atoms with Crippen LogP contribution in [0.3, 0.4) is 0 Å². The van der Waals surface area contributed by atoms with E-state index in [-0.39, 0.29) is 59.6 Å². The van der Waals surface area contributed by atoms with Gasteiger partial charge < -0.3 is 47.2 Å². The molecule has 10 N–H and O–H groups in total. The van der Waals surface area contributed by atoms with Crippen LogP contribution in [0.15, 0.2) is 78.9 Å². The zero-order valence-electron chi connectivity index (χ0n) is 39.2. The minimum atomic E-state index is -1.47. The van der Waals surface area contributed by atoms with Gasteiger partial charge in [-0.3, -0.25) is 24.0 Å². The Morgan fingerprint density at radius 3 is 2.15 bits per heavy atom. The molecule has 0 aliphatic carbocycles. The predicted molar refractivity (Wildman–Crippen MR) is 256 cm³/mol. The molecule has 5 rings (SSSR count). The first-order valence-corrected chi connectivity index (χ1v) is 23.6. The number of carbonyl (C=O) groups is 6. The van der Waals surface area contributed by atoms with Crippen molar-refractivity contribution in [2.45, 2.75) is 121 Å². The molecule has 1 heterocycles. The lowest BCUT2D eigenvalue weighted by Crippen LogP contribution is -2.55. The topological polar surface area (TPSA) is 242 Å². The number of fused-ring (bicyclic) bond motifs is 5. The van der Waals surface area contributed by atoms with E-state index in [9.17, 15) is 44.1 Å². The summed E-state index contributed by atoms with van der Waals surface area (Å²) in [4.78, 5) is 81.7. The zero-order chi connectivity index (χ0) is 49.3. The Morgan fingerprint density at radius 2 is 1.47 bits per heavy atom. The van der Waals surface area contributed by atoms with Crippen LogP contribution in [0.4, 0.5) is 4.39 Å². The SMILES string of the molecule is CCCCCCCCCc1ccc(-c2ccc(C(=O)NCCC(=O)N[C@@H](CCCC[NH3+])C(=O)N(C)[C@@H]3C(=O)N[C@@H](C)C(=O)N[C@H](C(=O)O)Cc4ccc(O)c(c4)-c4cc3ccc4O)c(F)c2)cc1. The summed E-state index contributed by atoms with van der Waals surface area (Å²) in [7, 11) is 1.35. The molecule has 0 saturated carbocycles. The number of carboxylic acids is 1. The molecular weight excluding hydrogens is 872 g/mol. The molecule has 4 atom stereocenters. The third-order valence-electron chi connectivity index (χ3n) is 12.3. The van der Waals surface area contributed by atoms with Crippen LogP contribution in [-0.4, -0.2) is 94.0 Å². The largest absolute Gasteiger partial charge is 0.507 e. The van der Waals surface area contributed by atoms with Crippen molar-refractivity contribution in [2.24, 2.45) is 0 Å². The van der Waals surface area contributed by atoms with Crippen LogP contribution in [0.25, 0.3) is 22.3 Å². The number of carboxylic acid groups (broad SMARTS) is 1. The summed E-state index contributed by atoms with van der Waals surface area (Å²) in [6.07, 6.45) is 10.4. The molecule has 5 amide bonds. The van der Waals surface area contributed by atoms with Crippen molar-refractivity contribution in [1.29, 1.82) is 0 Å². The van der Waals surface area contributed by atoms with Gasteiger partial charge in [0.1, 0.15) is 41.5 Å². The molecule has 4 aromatic carbocycles. The lowest BCUT2D eigenvalue weighted by molar-refractivity contribution is -0.368. The van der Waals surface area contributed by atoms with Gasteiger partial charge in [-0.15, -0.1) is 0 Å². The first-order chi connectivity index (χ1) is 32.6. The molecule has 4 bridgehead atoms. The van der Waals surface area contributed by atoms with Crippen LogP contribution >= 0.6 is 0 Å². The Hall–Kier alpha value is -6.81. The normalized spacial score (nSPS) is 16.4. The number of hydrogen-bond acceptors (Lipinski definition) is 8. The van der Waals surface area contributed by atoms with Crippen molar-refractivity contribution < 1.29 is 54.2 Å². The van der Waals surface area contributed by atoms with E-state index in [1.807, 2.05) is 24.3 Å². The van der Waals surface area contributed by atoms with Crippen LogP contribution in [0, 0.1) is 5.82 Å². The standard InChI is InChI=1S/C52H65FN6O9/c1-4-5-6-7-8-9-10-13-33-15-18-35(19-16-33)36-20-22-38(41(53)31-36)49(64)55-27-25-46(62)57-42(14-11-12-26-54)51(66)59(3)47-37-21-24-45(61)40(30-37)39-28-34(17-23-44(39)60)29-43(52(67)68)58-48(63)32(2)56-50(47)65/h15-24,28,30-32,42-43,47,60-61H,4-14,25-27,29,54H2,1-3H3,(H,55,64)(H,56,65)(H,57,62)(H,58,63)(H,67,68)/p+1/t32-,42-,43-,47-/m0/s1. The number of nitrogens with zero attached hydrogens (tertiary/aromatic N) is 1. The molecule has 4 aromatic rings. The van der Waals surface area contributed by atoms with Crippen LogP contribution in [-0.2, 0) is 36.8 Å². The predicted octanol–water partition coefficient (Wildman–Crippen LogP) is 5.71. The van der Waals surface area contributed by atoms with E-state index in [2.05, 4.69) is 33.9 Å². The Bertz CT molecular complexity index is 2410. The fourth-order valence-electron chi connectivity index (χ4n) is 8.34. The molecule has 0 unspecified atom stereocenters. The molecule has 364 valence electrons. The average molecular weight is 938 g/mol. The van der Waals surface area contributed by atoms with Gasteiger partial charge in [0, 0.05) is 37.6 Å². The molecule has 1 aliphatic heterocycles. The van der Waals surface area contributed by atoms with Crippen LogP contribution < -0.4 is 27.0 Å². The lowest BCUT2D eigenvalue weighted by atomic mass is 9.93. The van der Waals surface area contributed by atoms with Gasteiger partial charge in [-0.2, -0.15) is 0 Å². The van der Waals surface area contributed by atoms with Crippen LogP contribution in [0.5, 0.6) is 11.5 Å². The molecule has 0 aromatic heterocycles. The molecule has 16 heteroatoms. The van der Waals surface area contributed by atoms with Crippen molar-refractivity contribution in [1.82, 2.24) is 26.2 Å². The van der Waals surface area contributed by atoms with Crippen molar-refractivity contribution in [2.75, 3.05) is 20.1 Å². The smallest absolute Gasteiger partial charge is 0.326 e. The minimum absolute atomic E-state index is 0.0820. The zero-order valence-corrected chi connectivity index (χ0v) is 39.2. The van der Waals surface area contributed by atoms with Gasteiger partial charge in [0.25, 0.3) is 5.91 Å². The van der Waals surface area contributed by atoms with Crippen LogP contribution in [0.2, 0.25) is 0 Å². The van der Waals surface area contributed by atoms with E-state index >= 15 is 4.39 Å². The molecule has 15 nitrogen and oxygen atoms in total. The van der Waals surface area contributed by atoms with E-state index in [0.717, 1.165) is 23.3 Å². The third kappa shape index (κ3) is 14.3. The second-order valence-electron chi connectivity index (χ2n) is 17.6. The number of aryl methyl sites for hydroxylation is 1. The minimum Gasteiger partial charge on any atom is -0.507 e. The molecule has 0 radical (unpaired) electrons. The highest BCUT2D eigenvalue weighted by Gasteiger charge is 2.36. The molecular formula is C52H66FN6O9+. The number of aromatic hydroxyl groups is 2. The second kappa shape index (κ2) is 25.4. The van der Waals surface area contributed by atoms with Crippen molar-refractivity contribution in [3.05, 3.63) is 107 Å². The van der Waals surface area contributed by atoms with Crippen molar-refractivity contribution in [3.8, 4) is 33.8 Å². The Labute approximate surface area is 397 Å². The molecule has 68 heavy (non-hydrogen) atoms. The number of nitrogens with one attached hydrogen (secondary N) is 4. The Kier molecular flexibility index (Phi) is 19.5. The summed E-state index contributed by atoms with van der Waals surface area (Å²) in [5.41, 5.74) is 7.11. The van der Waals surface area contributed by atoms with E-state index in [1.165, 1.54) is 107 Å². The number of phenolic OH excluding ortho intramolecular Hbond substituents is 2. The molecule has 0 spiro atoms. The third-order valence-corrected chi connectivity index (χ3v) is 12.3. The Morgan fingerprint density at radius 1 is 0.809 bits per heavy atom. The highest BCUT2D eigenvalue weighted by molar-refractivity contribution is 5.97. The highest BCUT2D eigenvalue weighted by atomic mass is 19.1. The monoisotopic (exact) mass is 937 g/mol. The second-order valence-corrected chi connectivity index (χ2v) is 17.6. The maximum Gasteiger partial charge on any atom is 0.326 e. The number of unbranched alkanes of at least 4 members (excludes halogenated alkanes) is 7. The summed E-state index contributed by atoms with van der Waals surface area (Å²) in [6.45, 7) is 3.94. The fraction of sp³-hybridized carbons (Fsp3) is 0.423. The quantitative estimate of drug-likeness (QED) is 0.0477. The fourth-order valence-corrected chi connectivity index (χ4v) is 8.34. The number of phenols is 2. The molecule has 0 fully saturated rings. The van der Waals surface area contributed by atoms with Gasteiger partial charge >= 0.3 is 5.97 Å². The van der Waals surface area contributed by atoms with Gasteiger partial charge in [-0.25, -0.2) is 9.18 Å². The summed E-state index contributed by atoms with van der Waals surface area (Å²) in [6, 6.07) is 15.5. The number of aliphatic carboxylic acids is 1. The average Bonchev–Trinajstić information content (AvgIpc) is 3.31. The maximum atomic E-state index is 15.4. The number of carbonyl (C=O) groups excluding carboxylic acids is 5. The van der Waals surface area contributed by atoms with E-state index in [4.69, 9.17) is 0 Å². The molecule has 1 aliphatic rings. The first kappa shape index (κ1) is 52.2. The van der Waals surface area contributed by atoms with Gasteiger partial charge in [-0.05, 0) is 103 Å². The summed E-state index contributed by atoms with van der Waals surface area (Å²) < 4.78 is 15.4. The number of amides is 5. The number of rotatable bonds is 21. The number of halogens is 1. The Balaban J connectivity index is 1.26. The molecule has 0 saturated heterocycles. The van der Waals surface area contributed by atoms with E-state index < -0.39 is 65.5 Å². The number of hydrogen-bond donors (Lipinski definition) is 8. The van der Waals surface area contributed by atoms with E-state index in [0.29, 0.717) is 30.5 Å². The summed E-state index contributed by atoms with van der Waals surface area (Å²) >= 11 is 0. The summed E-state index contributed by atoms with van der Waals surface area (Å²) in [5.74, 6) is -6.24. The maximum absolute atomic E-state index is 15.4. The van der Waals surface area contributed by atoms with E-state index in [1.54, 1.807) is 6.07 Å². The summed E-state index contributed by atoms with van der Waals surface area (Å²) in [5, 5.41) is 42.1. The number of likely N-dealkylation sites (N-methyl/N-ethyl adjacent to an activating group) is 1. The van der Waals surface area contributed by atoms with Crippen molar-refractivity contribution in [3.63, 3.8) is 0 Å². The van der Waals surface area contributed by atoms with Gasteiger partial charge in [0.15, 0.2) is 0 Å². The first-order valence-electron chi connectivity index (χ1n) is 23.6. The van der Waals surface area contributed by atoms with Gasteiger partial charge in [-0.1, -0.05) is 87.9 Å². The van der Waals surface area contributed by atoms with Crippen molar-refractivity contribution >= 4 is 35.5 Å².